The van der Waals surface area contributed by atoms with Crippen molar-refractivity contribution >= 4 is 29.3 Å². The predicted octanol–water partition coefficient (Wildman–Crippen LogP) is 3.15. The number of thioether (sulfide) groups is 1. The van der Waals surface area contributed by atoms with Gasteiger partial charge in [-0.25, -0.2) is 4.99 Å². The van der Waals surface area contributed by atoms with Crippen molar-refractivity contribution < 1.29 is 0 Å². The first-order valence-corrected chi connectivity index (χ1v) is 8.29. The number of aliphatic imine (C=N–C) groups is 1. The van der Waals surface area contributed by atoms with Crippen molar-refractivity contribution in [1.29, 1.82) is 0 Å². The van der Waals surface area contributed by atoms with Gasteiger partial charge in [-0.15, -0.1) is 0 Å². The van der Waals surface area contributed by atoms with Gasteiger partial charge in [-0.2, -0.15) is 11.8 Å². The van der Waals surface area contributed by atoms with Crippen molar-refractivity contribution in [2.75, 3.05) is 25.1 Å². The first kappa shape index (κ1) is 16.2. The molecule has 0 fully saturated rings. The van der Waals surface area contributed by atoms with Gasteiger partial charge < -0.3 is 10.6 Å². The molecule has 5 heteroatoms. The fourth-order valence-electron chi connectivity index (χ4n) is 1.53. The first-order chi connectivity index (χ1) is 9.26. The summed E-state index contributed by atoms with van der Waals surface area (Å²) in [7, 11) is 0. The lowest BCUT2D eigenvalue weighted by Gasteiger charge is -2.10. The number of benzene rings is 1. The highest BCUT2D eigenvalue weighted by Crippen LogP contribution is 2.10. The number of hydrogen-bond donors (Lipinski definition) is 2. The second-order valence-electron chi connectivity index (χ2n) is 4.09. The van der Waals surface area contributed by atoms with E-state index in [9.17, 15) is 0 Å². The van der Waals surface area contributed by atoms with Crippen LogP contribution in [0, 0.1) is 0 Å². The quantitative estimate of drug-likeness (QED) is 0.461. The highest BCUT2D eigenvalue weighted by molar-refractivity contribution is 7.98. The molecule has 0 aliphatic heterocycles. The molecule has 3 nitrogen and oxygen atoms in total. The molecule has 0 aliphatic carbocycles. The molecule has 1 aromatic carbocycles. The molecule has 0 atom stereocenters. The zero-order chi connectivity index (χ0) is 13.9. The summed E-state index contributed by atoms with van der Waals surface area (Å²) < 4.78 is 0. The molecule has 2 N–H and O–H groups in total. The fourth-order valence-corrected chi connectivity index (χ4v) is 2.08. The summed E-state index contributed by atoms with van der Waals surface area (Å²) in [6.07, 6.45) is 3.27. The van der Waals surface area contributed by atoms with Gasteiger partial charge in [0.25, 0.3) is 0 Å². The SMILES string of the molecule is CCNC(=NCc1ccc(Cl)cc1)NCCCSC. The van der Waals surface area contributed by atoms with E-state index in [-0.39, 0.29) is 0 Å². The Hall–Kier alpha value is -0.870. The summed E-state index contributed by atoms with van der Waals surface area (Å²) in [5.41, 5.74) is 1.16. The van der Waals surface area contributed by atoms with E-state index in [1.54, 1.807) is 0 Å². The van der Waals surface area contributed by atoms with E-state index in [4.69, 9.17) is 11.6 Å². The molecule has 0 spiro atoms. The van der Waals surface area contributed by atoms with Crippen molar-refractivity contribution in [3.05, 3.63) is 34.9 Å². The van der Waals surface area contributed by atoms with E-state index >= 15 is 0 Å². The van der Waals surface area contributed by atoms with Crippen LogP contribution in [0.3, 0.4) is 0 Å². The summed E-state index contributed by atoms with van der Waals surface area (Å²) in [5.74, 6) is 2.04. The zero-order valence-electron chi connectivity index (χ0n) is 11.6. The second-order valence-corrected chi connectivity index (χ2v) is 5.52. The van der Waals surface area contributed by atoms with Gasteiger partial charge in [0.15, 0.2) is 5.96 Å². The van der Waals surface area contributed by atoms with E-state index in [0.717, 1.165) is 36.1 Å². The number of rotatable bonds is 7. The van der Waals surface area contributed by atoms with Crippen molar-refractivity contribution in [2.24, 2.45) is 4.99 Å². The summed E-state index contributed by atoms with van der Waals surface area (Å²) in [4.78, 5) is 4.56. The summed E-state index contributed by atoms with van der Waals surface area (Å²) in [6, 6.07) is 7.79. The number of guanidine groups is 1. The Balaban J connectivity index is 2.45. The average Bonchev–Trinajstić information content (AvgIpc) is 2.42. The van der Waals surface area contributed by atoms with E-state index in [0.29, 0.717) is 6.54 Å². The molecule has 0 aliphatic rings. The van der Waals surface area contributed by atoms with Gasteiger partial charge in [-0.05, 0) is 43.0 Å². The highest BCUT2D eigenvalue weighted by atomic mass is 35.5. The van der Waals surface area contributed by atoms with Crippen molar-refractivity contribution in [3.63, 3.8) is 0 Å². The average molecular weight is 300 g/mol. The molecule has 0 bridgehead atoms. The Labute approximate surface area is 125 Å². The van der Waals surface area contributed by atoms with Crippen LogP contribution in [0.15, 0.2) is 29.3 Å². The molecule has 0 unspecified atom stereocenters. The van der Waals surface area contributed by atoms with Crippen LogP contribution in [0.1, 0.15) is 18.9 Å². The Morgan fingerprint density at radius 1 is 1.26 bits per heavy atom. The van der Waals surface area contributed by atoms with Gasteiger partial charge in [0.1, 0.15) is 0 Å². The minimum Gasteiger partial charge on any atom is -0.357 e. The molecule has 0 aromatic heterocycles. The third kappa shape index (κ3) is 7.33. The first-order valence-electron chi connectivity index (χ1n) is 6.51. The molecule has 0 radical (unpaired) electrons. The van der Waals surface area contributed by atoms with Crippen molar-refractivity contribution in [1.82, 2.24) is 10.6 Å². The maximum Gasteiger partial charge on any atom is 0.191 e. The predicted molar refractivity (Wildman–Crippen MR) is 87.3 cm³/mol. The smallest absolute Gasteiger partial charge is 0.191 e. The number of hydrogen-bond acceptors (Lipinski definition) is 2. The molecular weight excluding hydrogens is 278 g/mol. The molecule has 19 heavy (non-hydrogen) atoms. The molecule has 1 rings (SSSR count). The lowest BCUT2D eigenvalue weighted by molar-refractivity contribution is 0.790. The summed E-state index contributed by atoms with van der Waals surface area (Å²) >= 11 is 7.73. The van der Waals surface area contributed by atoms with Crippen LogP contribution in [0.4, 0.5) is 0 Å². The van der Waals surface area contributed by atoms with E-state index in [2.05, 4.69) is 28.8 Å². The number of nitrogens with zero attached hydrogens (tertiary/aromatic N) is 1. The molecule has 0 saturated carbocycles. The molecule has 0 amide bonds. The third-order valence-electron chi connectivity index (χ3n) is 2.49. The lowest BCUT2D eigenvalue weighted by atomic mass is 10.2. The van der Waals surface area contributed by atoms with Gasteiger partial charge in [0.05, 0.1) is 6.54 Å². The molecule has 0 heterocycles. The Morgan fingerprint density at radius 2 is 2.00 bits per heavy atom. The summed E-state index contributed by atoms with van der Waals surface area (Å²) in [5, 5.41) is 7.34. The largest absolute Gasteiger partial charge is 0.357 e. The second kappa shape index (κ2) is 9.98. The Kier molecular flexibility index (Phi) is 8.50. The van der Waals surface area contributed by atoms with Gasteiger partial charge in [-0.1, -0.05) is 23.7 Å². The Morgan fingerprint density at radius 3 is 2.63 bits per heavy atom. The van der Waals surface area contributed by atoms with Crippen LogP contribution >= 0.6 is 23.4 Å². The summed E-state index contributed by atoms with van der Waals surface area (Å²) in [6.45, 7) is 4.55. The molecular formula is C14H22ClN3S. The van der Waals surface area contributed by atoms with Crippen LogP contribution in [-0.4, -0.2) is 31.1 Å². The maximum atomic E-state index is 5.86. The minimum atomic E-state index is 0.662. The zero-order valence-corrected chi connectivity index (χ0v) is 13.2. The van der Waals surface area contributed by atoms with Crippen LogP contribution in [0.25, 0.3) is 0 Å². The van der Waals surface area contributed by atoms with Crippen LogP contribution < -0.4 is 10.6 Å². The normalized spacial score (nSPS) is 11.4. The number of halogens is 1. The monoisotopic (exact) mass is 299 g/mol. The van der Waals surface area contributed by atoms with Crippen molar-refractivity contribution in [2.45, 2.75) is 19.9 Å². The van der Waals surface area contributed by atoms with Gasteiger partial charge >= 0.3 is 0 Å². The molecule has 106 valence electrons. The topological polar surface area (TPSA) is 36.4 Å². The Bertz CT molecular complexity index is 379. The van der Waals surface area contributed by atoms with Gasteiger partial charge in [0.2, 0.25) is 0 Å². The number of nitrogens with one attached hydrogen (secondary N) is 2. The lowest BCUT2D eigenvalue weighted by Crippen LogP contribution is -2.37. The van der Waals surface area contributed by atoms with E-state index < -0.39 is 0 Å². The van der Waals surface area contributed by atoms with E-state index in [1.165, 1.54) is 5.75 Å². The van der Waals surface area contributed by atoms with Crippen LogP contribution in [0.5, 0.6) is 0 Å². The third-order valence-corrected chi connectivity index (χ3v) is 3.44. The van der Waals surface area contributed by atoms with Crippen molar-refractivity contribution in [3.8, 4) is 0 Å². The maximum absolute atomic E-state index is 5.86. The van der Waals surface area contributed by atoms with Gasteiger partial charge in [0, 0.05) is 18.1 Å². The fraction of sp³-hybridized carbons (Fsp3) is 0.500. The molecule has 1 aromatic rings. The minimum absolute atomic E-state index is 0.662. The van der Waals surface area contributed by atoms with Gasteiger partial charge in [-0.3, -0.25) is 0 Å². The highest BCUT2D eigenvalue weighted by Gasteiger charge is 1.97. The standard InChI is InChI=1S/C14H22ClN3S/c1-3-16-14(17-9-4-10-19-2)18-11-12-5-7-13(15)8-6-12/h5-8H,3-4,9-11H2,1-2H3,(H2,16,17,18). The van der Waals surface area contributed by atoms with Crippen LogP contribution in [-0.2, 0) is 6.54 Å². The molecule has 0 saturated heterocycles. The van der Waals surface area contributed by atoms with Crippen LogP contribution in [0.2, 0.25) is 5.02 Å². The van der Waals surface area contributed by atoms with E-state index in [1.807, 2.05) is 36.0 Å².